The molecule has 2 amide bonds. The van der Waals surface area contributed by atoms with Gasteiger partial charge in [-0.1, -0.05) is 26.2 Å². The van der Waals surface area contributed by atoms with E-state index in [1.807, 2.05) is 6.92 Å². The smallest absolute Gasteiger partial charge is 0.243 e. The van der Waals surface area contributed by atoms with E-state index in [0.717, 1.165) is 38.8 Å². The maximum absolute atomic E-state index is 12.4. The highest BCUT2D eigenvalue weighted by Gasteiger charge is 2.30. The van der Waals surface area contributed by atoms with Crippen LogP contribution in [0.3, 0.4) is 0 Å². The third-order valence-electron chi connectivity index (χ3n) is 4.88. The Morgan fingerprint density at radius 3 is 2.77 bits per heavy atom. The van der Waals surface area contributed by atoms with Gasteiger partial charge in [0.25, 0.3) is 0 Å². The molecule has 0 bridgehead atoms. The Morgan fingerprint density at radius 2 is 2.04 bits per heavy atom. The number of anilines is 1. The maximum atomic E-state index is 12.4. The molecule has 2 unspecified atom stereocenters. The molecule has 0 spiro atoms. The van der Waals surface area contributed by atoms with Crippen LogP contribution in [0.2, 0.25) is 0 Å². The summed E-state index contributed by atoms with van der Waals surface area (Å²) >= 11 is 0. The van der Waals surface area contributed by atoms with Crippen LogP contribution in [-0.4, -0.2) is 52.4 Å². The highest BCUT2D eigenvalue weighted by molar-refractivity contribution is 5.93. The third-order valence-corrected chi connectivity index (χ3v) is 4.88. The fourth-order valence-electron chi connectivity index (χ4n) is 3.22. The topological polar surface area (TPSA) is 87.2 Å². The zero-order valence-corrected chi connectivity index (χ0v) is 15.9. The van der Waals surface area contributed by atoms with Crippen molar-refractivity contribution >= 4 is 17.8 Å². The molecular formula is C19H31N5O2. The van der Waals surface area contributed by atoms with Crippen molar-refractivity contribution in [1.82, 2.24) is 20.2 Å². The molecule has 2 N–H and O–H groups in total. The zero-order chi connectivity index (χ0) is 18.8. The highest BCUT2D eigenvalue weighted by Crippen LogP contribution is 2.19. The minimum atomic E-state index is -0.320. The minimum absolute atomic E-state index is 0.0434. The van der Waals surface area contributed by atoms with Crippen molar-refractivity contribution in [1.29, 1.82) is 0 Å². The van der Waals surface area contributed by atoms with Gasteiger partial charge >= 0.3 is 0 Å². The van der Waals surface area contributed by atoms with Crippen molar-refractivity contribution in [3.8, 4) is 0 Å². The number of piperidine rings is 1. The molecule has 1 aliphatic heterocycles. The molecule has 2 heterocycles. The predicted octanol–water partition coefficient (Wildman–Crippen LogP) is 2.21. The lowest BCUT2D eigenvalue weighted by molar-refractivity contribution is -0.129. The van der Waals surface area contributed by atoms with Crippen molar-refractivity contribution in [3.05, 3.63) is 18.5 Å². The molecule has 0 aromatic carbocycles. The molecule has 0 saturated carbocycles. The first kappa shape index (κ1) is 20.3. The molecule has 1 fully saturated rings. The van der Waals surface area contributed by atoms with Crippen LogP contribution in [0.1, 0.15) is 52.4 Å². The first-order valence-electron chi connectivity index (χ1n) is 9.71. The van der Waals surface area contributed by atoms with E-state index in [4.69, 9.17) is 0 Å². The highest BCUT2D eigenvalue weighted by atomic mass is 16.2. The van der Waals surface area contributed by atoms with Gasteiger partial charge < -0.3 is 5.32 Å². The summed E-state index contributed by atoms with van der Waals surface area (Å²) in [5, 5.41) is 5.79. The molecule has 144 valence electrons. The summed E-state index contributed by atoms with van der Waals surface area (Å²) in [6.07, 6.45) is 9.59. The number of rotatable bonds is 9. The molecular weight excluding hydrogens is 330 g/mol. The van der Waals surface area contributed by atoms with Gasteiger partial charge in [0.05, 0.1) is 12.0 Å². The predicted molar refractivity (Wildman–Crippen MR) is 102 cm³/mol. The molecule has 0 aliphatic carbocycles. The lowest BCUT2D eigenvalue weighted by atomic mass is 9.95. The molecule has 1 saturated heterocycles. The SMILES string of the molecule is CCCCCCNC(=O)C1CCCN(C(C)C(=O)Nc2ncccn2)C1. The van der Waals surface area contributed by atoms with Gasteiger partial charge in [0, 0.05) is 25.5 Å². The first-order chi connectivity index (χ1) is 12.6. The van der Waals surface area contributed by atoms with Crippen LogP contribution >= 0.6 is 0 Å². The van der Waals surface area contributed by atoms with E-state index < -0.39 is 0 Å². The van der Waals surface area contributed by atoms with Gasteiger partial charge in [-0.3, -0.25) is 19.8 Å². The first-order valence-corrected chi connectivity index (χ1v) is 9.71. The Hall–Kier alpha value is -2.02. The number of unbranched alkanes of at least 4 members (excludes halogenated alkanes) is 3. The molecule has 0 radical (unpaired) electrons. The summed E-state index contributed by atoms with van der Waals surface area (Å²) in [6, 6.07) is 1.38. The summed E-state index contributed by atoms with van der Waals surface area (Å²) in [4.78, 5) is 34.9. The molecule has 2 atom stereocenters. The van der Waals surface area contributed by atoms with E-state index in [9.17, 15) is 9.59 Å². The van der Waals surface area contributed by atoms with Crippen LogP contribution in [-0.2, 0) is 9.59 Å². The number of hydrogen-bond acceptors (Lipinski definition) is 5. The van der Waals surface area contributed by atoms with Crippen LogP contribution < -0.4 is 10.6 Å². The van der Waals surface area contributed by atoms with E-state index in [2.05, 4.69) is 32.4 Å². The summed E-state index contributed by atoms with van der Waals surface area (Å²) in [5.74, 6) is 0.239. The number of hydrogen-bond donors (Lipinski definition) is 2. The van der Waals surface area contributed by atoms with E-state index in [0.29, 0.717) is 12.5 Å². The van der Waals surface area contributed by atoms with Crippen molar-refractivity contribution in [2.24, 2.45) is 5.92 Å². The summed E-state index contributed by atoms with van der Waals surface area (Å²) in [6.45, 7) is 6.23. The summed E-state index contributed by atoms with van der Waals surface area (Å²) in [5.41, 5.74) is 0. The van der Waals surface area contributed by atoms with Crippen molar-refractivity contribution in [3.63, 3.8) is 0 Å². The molecule has 1 aliphatic rings. The van der Waals surface area contributed by atoms with Gasteiger partial charge in [-0.25, -0.2) is 9.97 Å². The van der Waals surface area contributed by atoms with E-state index >= 15 is 0 Å². The van der Waals surface area contributed by atoms with Crippen LogP contribution in [0.5, 0.6) is 0 Å². The van der Waals surface area contributed by atoms with Crippen molar-refractivity contribution < 1.29 is 9.59 Å². The fourth-order valence-corrected chi connectivity index (χ4v) is 3.22. The third kappa shape index (κ3) is 6.37. The number of aromatic nitrogens is 2. The van der Waals surface area contributed by atoms with E-state index in [1.54, 1.807) is 18.5 Å². The van der Waals surface area contributed by atoms with Crippen LogP contribution in [0.4, 0.5) is 5.95 Å². The minimum Gasteiger partial charge on any atom is -0.356 e. The zero-order valence-electron chi connectivity index (χ0n) is 15.9. The normalized spacial score (nSPS) is 18.9. The van der Waals surface area contributed by atoms with Crippen LogP contribution in [0, 0.1) is 5.92 Å². The number of amides is 2. The van der Waals surface area contributed by atoms with Crippen LogP contribution in [0.15, 0.2) is 18.5 Å². The number of carbonyl (C=O) groups excluding carboxylic acids is 2. The summed E-state index contributed by atoms with van der Waals surface area (Å²) < 4.78 is 0. The van der Waals surface area contributed by atoms with Gasteiger partial charge in [-0.15, -0.1) is 0 Å². The Balaban J connectivity index is 1.79. The summed E-state index contributed by atoms with van der Waals surface area (Å²) in [7, 11) is 0. The second-order valence-electron chi connectivity index (χ2n) is 6.92. The monoisotopic (exact) mass is 361 g/mol. The Kier molecular flexibility index (Phi) is 8.47. The fraction of sp³-hybridized carbons (Fsp3) is 0.684. The molecule has 26 heavy (non-hydrogen) atoms. The average Bonchev–Trinajstić information content (AvgIpc) is 2.68. The second kappa shape index (κ2) is 10.9. The van der Waals surface area contributed by atoms with E-state index in [1.165, 1.54) is 12.8 Å². The van der Waals surface area contributed by atoms with Gasteiger partial charge in [0.2, 0.25) is 17.8 Å². The van der Waals surface area contributed by atoms with Crippen LogP contribution in [0.25, 0.3) is 0 Å². The lowest BCUT2D eigenvalue weighted by Crippen LogP contribution is -2.50. The van der Waals surface area contributed by atoms with Gasteiger partial charge in [-0.2, -0.15) is 0 Å². The quantitative estimate of drug-likeness (QED) is 0.659. The number of nitrogens with one attached hydrogen (secondary N) is 2. The Labute approximate surface area is 156 Å². The molecule has 7 heteroatoms. The Bertz CT molecular complexity index is 566. The number of nitrogens with zero attached hydrogens (tertiary/aromatic N) is 3. The van der Waals surface area contributed by atoms with Gasteiger partial charge in [-0.05, 0) is 38.8 Å². The molecule has 2 rings (SSSR count). The van der Waals surface area contributed by atoms with Crippen molar-refractivity contribution in [2.45, 2.75) is 58.4 Å². The van der Waals surface area contributed by atoms with E-state index in [-0.39, 0.29) is 23.8 Å². The molecule has 1 aromatic heterocycles. The van der Waals surface area contributed by atoms with Gasteiger partial charge in [0.1, 0.15) is 0 Å². The molecule has 1 aromatic rings. The average molecular weight is 361 g/mol. The maximum Gasteiger partial charge on any atom is 0.243 e. The lowest BCUT2D eigenvalue weighted by Gasteiger charge is -2.35. The van der Waals surface area contributed by atoms with Gasteiger partial charge in [0.15, 0.2) is 0 Å². The standard InChI is InChI=1S/C19H31N5O2/c1-3-4-5-6-10-20-18(26)16-9-7-13-24(14-16)15(2)17(25)23-19-21-11-8-12-22-19/h8,11-12,15-16H,3-7,9-10,13-14H2,1-2H3,(H,20,26)(H,21,22,23,25). The second-order valence-corrected chi connectivity index (χ2v) is 6.92. The van der Waals surface area contributed by atoms with Crippen molar-refractivity contribution in [2.75, 3.05) is 25.0 Å². The molecule has 7 nitrogen and oxygen atoms in total. The number of likely N-dealkylation sites (tertiary alicyclic amines) is 1. The Morgan fingerprint density at radius 1 is 1.27 bits per heavy atom. The largest absolute Gasteiger partial charge is 0.356 e. The number of carbonyl (C=O) groups is 2.